The molecule has 0 N–H and O–H groups in total. The van der Waals surface area contributed by atoms with Gasteiger partial charge in [-0.25, -0.2) is 12.4 Å². The third-order valence-electron chi connectivity index (χ3n) is 5.13. The first-order chi connectivity index (χ1) is 15.4. The van der Waals surface area contributed by atoms with Gasteiger partial charge >= 0.3 is 0 Å². The van der Waals surface area contributed by atoms with E-state index in [2.05, 4.69) is 0 Å². The fraction of sp³-hybridized carbons (Fsp3) is 0.0870. The summed E-state index contributed by atoms with van der Waals surface area (Å²) in [7, 11) is -2.57. The van der Waals surface area contributed by atoms with Crippen LogP contribution in [0.4, 0.5) is 5.69 Å². The fourth-order valence-electron chi connectivity index (χ4n) is 3.62. The number of aldehydes is 1. The second-order valence-electron chi connectivity index (χ2n) is 7.01. The van der Waals surface area contributed by atoms with Gasteiger partial charge in [0, 0.05) is 29.5 Å². The van der Waals surface area contributed by atoms with Crippen LogP contribution in [0, 0.1) is 10.1 Å². The maximum absolute atomic E-state index is 13.7. The molecule has 162 valence electrons. The number of nitro benzene ring substituents is 1. The number of nitro groups is 1. The minimum atomic E-state index is -4.07. The second kappa shape index (κ2) is 8.27. The van der Waals surface area contributed by atoms with E-state index in [1.54, 1.807) is 42.5 Å². The molecule has 0 radical (unpaired) electrons. The predicted molar refractivity (Wildman–Crippen MR) is 119 cm³/mol. The van der Waals surface area contributed by atoms with E-state index in [1.807, 2.05) is 0 Å². The van der Waals surface area contributed by atoms with Crippen molar-refractivity contribution in [2.24, 2.45) is 0 Å². The second-order valence-corrected chi connectivity index (χ2v) is 8.79. The number of methoxy groups -OCH3 is 1. The molecule has 0 saturated carbocycles. The number of aromatic nitrogens is 1. The highest BCUT2D eigenvalue weighted by atomic mass is 32.2. The lowest BCUT2D eigenvalue weighted by Crippen LogP contribution is -2.14. The summed E-state index contributed by atoms with van der Waals surface area (Å²) in [6.45, 7) is 0. The van der Waals surface area contributed by atoms with Crippen molar-refractivity contribution >= 4 is 32.9 Å². The van der Waals surface area contributed by atoms with Gasteiger partial charge in [-0.3, -0.25) is 10.1 Å². The lowest BCUT2D eigenvalue weighted by molar-refractivity contribution is -0.384. The molecule has 0 spiro atoms. The molecule has 32 heavy (non-hydrogen) atoms. The lowest BCUT2D eigenvalue weighted by atomic mass is 10.0. The molecule has 0 bridgehead atoms. The number of benzene rings is 3. The number of fused-ring (bicyclic) bond motifs is 1. The van der Waals surface area contributed by atoms with E-state index >= 15 is 0 Å². The number of carbonyl (C=O) groups is 1. The van der Waals surface area contributed by atoms with Crippen molar-refractivity contribution in [2.75, 3.05) is 7.11 Å². The zero-order valence-electron chi connectivity index (χ0n) is 17.0. The van der Waals surface area contributed by atoms with Crippen molar-refractivity contribution in [2.45, 2.75) is 11.3 Å². The van der Waals surface area contributed by atoms with Crippen LogP contribution < -0.4 is 4.74 Å². The molecule has 0 unspecified atom stereocenters. The van der Waals surface area contributed by atoms with E-state index in [4.69, 9.17) is 4.74 Å². The SMILES string of the molecule is COc1ccc2c(c1)cc(-c1cc([N+](=O)[O-])ccc1CC=O)n2S(=O)(=O)c1ccccc1. The number of carbonyl (C=O) groups excluding carboxylic acids is 1. The molecule has 0 fully saturated rings. The summed E-state index contributed by atoms with van der Waals surface area (Å²) >= 11 is 0. The minimum Gasteiger partial charge on any atom is -0.497 e. The van der Waals surface area contributed by atoms with Gasteiger partial charge in [-0.1, -0.05) is 24.3 Å². The van der Waals surface area contributed by atoms with Crippen LogP contribution in [0.25, 0.3) is 22.2 Å². The number of hydrogen-bond donors (Lipinski definition) is 0. The van der Waals surface area contributed by atoms with Gasteiger partial charge < -0.3 is 9.53 Å². The van der Waals surface area contributed by atoms with Gasteiger partial charge in [0.1, 0.15) is 12.0 Å². The highest BCUT2D eigenvalue weighted by Gasteiger charge is 2.26. The first-order valence-corrected chi connectivity index (χ1v) is 11.0. The highest BCUT2D eigenvalue weighted by molar-refractivity contribution is 7.90. The summed E-state index contributed by atoms with van der Waals surface area (Å²) in [5.74, 6) is 0.533. The van der Waals surface area contributed by atoms with E-state index in [1.165, 1.54) is 37.4 Å². The Balaban J connectivity index is 2.11. The van der Waals surface area contributed by atoms with Gasteiger partial charge in [-0.15, -0.1) is 0 Å². The van der Waals surface area contributed by atoms with Crippen LogP contribution >= 0.6 is 0 Å². The molecule has 8 nitrogen and oxygen atoms in total. The average molecular weight is 450 g/mol. The first kappa shape index (κ1) is 21.3. The molecular formula is C23H18N2O6S. The van der Waals surface area contributed by atoms with Crippen LogP contribution in [0.3, 0.4) is 0 Å². The normalized spacial score (nSPS) is 11.4. The van der Waals surface area contributed by atoms with E-state index in [0.717, 1.165) is 3.97 Å². The largest absolute Gasteiger partial charge is 0.497 e. The van der Waals surface area contributed by atoms with Crippen LogP contribution in [-0.2, 0) is 21.2 Å². The molecule has 0 aliphatic heterocycles. The molecule has 3 aromatic carbocycles. The summed E-state index contributed by atoms with van der Waals surface area (Å²) in [6.07, 6.45) is 0.649. The topological polar surface area (TPSA) is 109 Å². The maximum atomic E-state index is 13.7. The number of hydrogen-bond acceptors (Lipinski definition) is 6. The van der Waals surface area contributed by atoms with Gasteiger partial charge in [0.15, 0.2) is 0 Å². The van der Waals surface area contributed by atoms with Crippen molar-refractivity contribution in [3.63, 3.8) is 0 Å². The Kier molecular flexibility index (Phi) is 5.50. The van der Waals surface area contributed by atoms with Crippen molar-refractivity contribution in [3.05, 3.63) is 88.5 Å². The third-order valence-corrected chi connectivity index (χ3v) is 6.87. The third kappa shape index (κ3) is 3.63. The maximum Gasteiger partial charge on any atom is 0.270 e. The Morgan fingerprint density at radius 2 is 1.78 bits per heavy atom. The quantitative estimate of drug-likeness (QED) is 0.237. The van der Waals surface area contributed by atoms with Crippen LogP contribution in [0.15, 0.2) is 77.7 Å². The molecule has 0 aliphatic rings. The average Bonchev–Trinajstić information content (AvgIpc) is 3.19. The lowest BCUT2D eigenvalue weighted by Gasteiger charge is -2.14. The molecule has 4 rings (SSSR count). The smallest absolute Gasteiger partial charge is 0.270 e. The number of nitrogens with zero attached hydrogens (tertiary/aromatic N) is 2. The van der Waals surface area contributed by atoms with Crippen molar-refractivity contribution in [1.29, 1.82) is 0 Å². The zero-order chi connectivity index (χ0) is 22.9. The molecule has 0 aliphatic carbocycles. The molecule has 9 heteroatoms. The molecule has 0 saturated heterocycles. The Hall–Kier alpha value is -3.98. The minimum absolute atomic E-state index is 0.0242. The molecule has 1 heterocycles. The van der Waals surface area contributed by atoms with Crippen molar-refractivity contribution in [3.8, 4) is 17.0 Å². The fourth-order valence-corrected chi connectivity index (χ4v) is 5.17. The monoisotopic (exact) mass is 450 g/mol. The number of non-ortho nitro benzene ring substituents is 1. The number of rotatable bonds is 7. The van der Waals surface area contributed by atoms with E-state index in [9.17, 15) is 23.3 Å². The van der Waals surface area contributed by atoms with Crippen molar-refractivity contribution < 1.29 is 22.9 Å². The Morgan fingerprint density at radius 3 is 2.44 bits per heavy atom. The summed E-state index contributed by atoms with van der Waals surface area (Å²) in [5.41, 5.74) is 1.16. The van der Waals surface area contributed by atoms with Crippen LogP contribution in [0.5, 0.6) is 5.75 Å². The Labute approximate surface area is 183 Å². The van der Waals surface area contributed by atoms with Gasteiger partial charge in [-0.2, -0.15) is 0 Å². The summed E-state index contributed by atoms with van der Waals surface area (Å²) in [6, 6.07) is 18.5. The van der Waals surface area contributed by atoms with Crippen molar-refractivity contribution in [1.82, 2.24) is 3.97 Å². The van der Waals surface area contributed by atoms with E-state index in [-0.39, 0.29) is 22.7 Å². The number of ether oxygens (including phenoxy) is 1. The van der Waals surface area contributed by atoms with Gasteiger partial charge in [0.2, 0.25) is 0 Å². The van der Waals surface area contributed by atoms with Crippen LogP contribution in [-0.4, -0.2) is 30.7 Å². The molecule has 4 aromatic rings. The first-order valence-electron chi connectivity index (χ1n) is 9.58. The van der Waals surface area contributed by atoms with Gasteiger partial charge in [0.25, 0.3) is 15.7 Å². The van der Waals surface area contributed by atoms with E-state index in [0.29, 0.717) is 34.1 Å². The summed E-state index contributed by atoms with van der Waals surface area (Å²) in [5, 5.41) is 12.0. The molecule has 0 atom stereocenters. The molecule has 0 amide bonds. The van der Waals surface area contributed by atoms with Gasteiger partial charge in [0.05, 0.1) is 28.1 Å². The Bertz CT molecular complexity index is 1440. The predicted octanol–water partition coefficient (Wildman–Crippen LogP) is 4.20. The molecular weight excluding hydrogens is 432 g/mol. The Morgan fingerprint density at radius 1 is 1.03 bits per heavy atom. The van der Waals surface area contributed by atoms with Crippen LogP contribution in [0.2, 0.25) is 0 Å². The van der Waals surface area contributed by atoms with Gasteiger partial charge in [-0.05, 0) is 42.0 Å². The highest BCUT2D eigenvalue weighted by Crippen LogP contribution is 2.37. The van der Waals surface area contributed by atoms with E-state index < -0.39 is 14.9 Å². The summed E-state index contributed by atoms with van der Waals surface area (Å²) < 4.78 is 33.8. The molecule has 1 aromatic heterocycles. The standard InChI is InChI=1S/C23H18N2O6S/c1-31-19-9-10-22-17(13-19)14-23(24(22)32(29,30)20-5-3-2-4-6-20)21-15-18(25(27)28)8-7-16(21)11-12-26/h2-10,12-15H,11H2,1H3. The van der Waals surface area contributed by atoms with Crippen LogP contribution in [0.1, 0.15) is 5.56 Å². The zero-order valence-corrected chi connectivity index (χ0v) is 17.8. The summed E-state index contributed by atoms with van der Waals surface area (Å²) in [4.78, 5) is 22.2.